The Bertz CT molecular complexity index is 953. The second-order valence-electron chi connectivity index (χ2n) is 7.19. The number of carbonyl (C=O) groups excluding carboxylic acids is 1. The molecule has 1 aliphatic heterocycles. The molecule has 1 saturated heterocycles. The van der Waals surface area contributed by atoms with Crippen molar-refractivity contribution < 1.29 is 9.53 Å². The number of amides is 1. The highest BCUT2D eigenvalue weighted by Gasteiger charge is 2.22. The topological polar surface area (TPSA) is 81.1 Å². The van der Waals surface area contributed by atoms with Crippen molar-refractivity contribution in [2.75, 3.05) is 13.1 Å². The van der Waals surface area contributed by atoms with Crippen molar-refractivity contribution in [3.63, 3.8) is 0 Å². The van der Waals surface area contributed by atoms with Crippen LogP contribution in [0.2, 0.25) is 0 Å². The number of ether oxygens (including phenoxy) is 1. The zero-order valence-corrected chi connectivity index (χ0v) is 17.7. The van der Waals surface area contributed by atoms with Gasteiger partial charge < -0.3 is 15.4 Å². The molecule has 0 bridgehead atoms. The highest BCUT2D eigenvalue weighted by molar-refractivity contribution is 5.93. The first-order valence-electron chi connectivity index (χ1n) is 9.93. The maximum absolute atomic E-state index is 12.6. The van der Waals surface area contributed by atoms with Crippen LogP contribution in [-0.2, 0) is 6.54 Å². The third-order valence-corrected chi connectivity index (χ3v) is 5.15. The summed E-state index contributed by atoms with van der Waals surface area (Å²) >= 11 is 0. The first kappa shape index (κ1) is 21.8. The van der Waals surface area contributed by atoms with Crippen LogP contribution in [0.1, 0.15) is 40.6 Å². The van der Waals surface area contributed by atoms with E-state index in [1.54, 1.807) is 0 Å². The summed E-state index contributed by atoms with van der Waals surface area (Å²) in [5.41, 5.74) is 2.20. The van der Waals surface area contributed by atoms with E-state index < -0.39 is 0 Å². The van der Waals surface area contributed by atoms with Gasteiger partial charge in [-0.3, -0.25) is 4.79 Å². The van der Waals surface area contributed by atoms with Gasteiger partial charge in [-0.25, -0.2) is 4.68 Å². The normalized spacial score (nSPS) is 14.0. The van der Waals surface area contributed by atoms with Crippen molar-refractivity contribution >= 4 is 18.3 Å². The van der Waals surface area contributed by atoms with Crippen LogP contribution in [0.15, 0.2) is 54.6 Å². The van der Waals surface area contributed by atoms with Crippen LogP contribution < -0.4 is 15.4 Å². The molecule has 2 heterocycles. The van der Waals surface area contributed by atoms with Crippen molar-refractivity contribution in [3.8, 4) is 11.5 Å². The number of piperidine rings is 1. The summed E-state index contributed by atoms with van der Waals surface area (Å²) in [6.07, 6.45) is 2.01. The summed E-state index contributed by atoms with van der Waals surface area (Å²) in [6, 6.07) is 17.6. The Balaban J connectivity index is 0.00000256. The maximum Gasteiger partial charge on any atom is 0.274 e. The van der Waals surface area contributed by atoms with E-state index in [4.69, 9.17) is 4.74 Å². The third-order valence-electron chi connectivity index (χ3n) is 5.15. The molecule has 30 heavy (non-hydrogen) atoms. The molecule has 8 heteroatoms. The van der Waals surface area contributed by atoms with Crippen LogP contribution in [0.4, 0.5) is 0 Å². The second-order valence-corrected chi connectivity index (χ2v) is 7.19. The monoisotopic (exact) mass is 427 g/mol. The summed E-state index contributed by atoms with van der Waals surface area (Å²) in [5, 5.41) is 14.6. The number of hydrogen-bond donors (Lipinski definition) is 2. The van der Waals surface area contributed by atoms with Gasteiger partial charge in [0.1, 0.15) is 11.5 Å². The van der Waals surface area contributed by atoms with Gasteiger partial charge in [0.15, 0.2) is 5.69 Å². The SMILES string of the molecule is Cc1c(C(=O)NCc2ccc(Oc3ccccc3)cc2)nnn1C1CCNCC1.Cl. The van der Waals surface area contributed by atoms with Crippen LogP contribution in [-0.4, -0.2) is 34.0 Å². The Morgan fingerprint density at radius 3 is 2.47 bits per heavy atom. The van der Waals surface area contributed by atoms with Gasteiger partial charge in [-0.2, -0.15) is 0 Å². The summed E-state index contributed by atoms with van der Waals surface area (Å²) in [6.45, 7) is 4.27. The van der Waals surface area contributed by atoms with Gasteiger partial charge in [0, 0.05) is 6.54 Å². The van der Waals surface area contributed by atoms with Crippen molar-refractivity contribution in [1.82, 2.24) is 25.6 Å². The molecule has 0 unspecified atom stereocenters. The predicted octanol–water partition coefficient (Wildman–Crippen LogP) is 3.66. The van der Waals surface area contributed by atoms with Gasteiger partial charge in [0.2, 0.25) is 0 Å². The van der Waals surface area contributed by atoms with Gasteiger partial charge in [-0.05, 0) is 62.7 Å². The van der Waals surface area contributed by atoms with E-state index in [1.807, 2.05) is 66.2 Å². The van der Waals surface area contributed by atoms with E-state index in [0.717, 1.165) is 48.7 Å². The van der Waals surface area contributed by atoms with E-state index in [9.17, 15) is 4.79 Å². The Morgan fingerprint density at radius 2 is 1.77 bits per heavy atom. The van der Waals surface area contributed by atoms with Crippen molar-refractivity contribution in [2.45, 2.75) is 32.4 Å². The summed E-state index contributed by atoms with van der Waals surface area (Å²) < 4.78 is 7.69. The molecule has 3 aromatic rings. The number of halogens is 1. The number of rotatable bonds is 6. The third kappa shape index (κ3) is 5.17. The van der Waals surface area contributed by atoms with E-state index >= 15 is 0 Å². The zero-order chi connectivity index (χ0) is 20.1. The average molecular weight is 428 g/mol. The molecule has 2 aromatic carbocycles. The fourth-order valence-electron chi connectivity index (χ4n) is 3.51. The molecule has 0 atom stereocenters. The molecule has 158 valence electrons. The van der Waals surface area contributed by atoms with E-state index in [-0.39, 0.29) is 18.3 Å². The van der Waals surface area contributed by atoms with E-state index in [0.29, 0.717) is 18.3 Å². The van der Waals surface area contributed by atoms with E-state index in [2.05, 4.69) is 20.9 Å². The lowest BCUT2D eigenvalue weighted by molar-refractivity contribution is 0.0945. The fourth-order valence-corrected chi connectivity index (χ4v) is 3.51. The Labute approximate surface area is 182 Å². The van der Waals surface area contributed by atoms with Gasteiger partial charge in [-0.15, -0.1) is 17.5 Å². The van der Waals surface area contributed by atoms with Gasteiger partial charge >= 0.3 is 0 Å². The highest BCUT2D eigenvalue weighted by Crippen LogP contribution is 2.22. The van der Waals surface area contributed by atoms with Gasteiger partial charge in [0.05, 0.1) is 11.7 Å². The zero-order valence-electron chi connectivity index (χ0n) is 16.9. The van der Waals surface area contributed by atoms with Gasteiger partial charge in [-0.1, -0.05) is 35.5 Å². The molecule has 1 aliphatic rings. The van der Waals surface area contributed by atoms with Crippen LogP contribution in [0.5, 0.6) is 11.5 Å². The number of aromatic nitrogens is 3. The van der Waals surface area contributed by atoms with Crippen molar-refractivity contribution in [2.24, 2.45) is 0 Å². The molecule has 0 saturated carbocycles. The van der Waals surface area contributed by atoms with Crippen molar-refractivity contribution in [1.29, 1.82) is 0 Å². The molecular weight excluding hydrogens is 402 g/mol. The number of nitrogens with zero attached hydrogens (tertiary/aromatic N) is 3. The smallest absolute Gasteiger partial charge is 0.274 e. The molecule has 1 amide bonds. The number of benzene rings is 2. The lowest BCUT2D eigenvalue weighted by Crippen LogP contribution is -2.30. The average Bonchev–Trinajstić information content (AvgIpc) is 3.16. The Hall–Kier alpha value is -2.90. The number of nitrogens with one attached hydrogen (secondary N) is 2. The molecule has 4 rings (SSSR count). The second kappa shape index (κ2) is 10.2. The minimum Gasteiger partial charge on any atom is -0.457 e. The van der Waals surface area contributed by atoms with Gasteiger partial charge in [0.25, 0.3) is 5.91 Å². The van der Waals surface area contributed by atoms with Crippen LogP contribution in [0, 0.1) is 6.92 Å². The molecule has 0 radical (unpaired) electrons. The fraction of sp³-hybridized carbons (Fsp3) is 0.318. The quantitative estimate of drug-likeness (QED) is 0.627. The predicted molar refractivity (Wildman–Crippen MR) is 117 cm³/mol. The molecule has 1 fully saturated rings. The largest absolute Gasteiger partial charge is 0.457 e. The van der Waals surface area contributed by atoms with Crippen LogP contribution in [0.3, 0.4) is 0 Å². The van der Waals surface area contributed by atoms with Crippen molar-refractivity contribution in [3.05, 3.63) is 71.5 Å². The molecule has 0 spiro atoms. The number of para-hydroxylation sites is 1. The summed E-state index contributed by atoms with van der Waals surface area (Å²) in [4.78, 5) is 12.6. The van der Waals surface area contributed by atoms with Crippen LogP contribution >= 0.6 is 12.4 Å². The highest BCUT2D eigenvalue weighted by atomic mass is 35.5. The number of carbonyl (C=O) groups is 1. The van der Waals surface area contributed by atoms with E-state index in [1.165, 1.54) is 0 Å². The Kier molecular flexibility index (Phi) is 7.43. The molecule has 7 nitrogen and oxygen atoms in total. The van der Waals surface area contributed by atoms with Crippen LogP contribution in [0.25, 0.3) is 0 Å². The minimum absolute atomic E-state index is 0. The standard InChI is InChI=1S/C22H25N5O2.ClH/c1-16-21(25-26-27(16)18-11-13-23-14-12-18)22(28)24-15-17-7-9-20(10-8-17)29-19-5-3-2-4-6-19;/h2-10,18,23H,11-15H2,1H3,(H,24,28);1H. The molecular formula is C22H26ClN5O2. The summed E-state index contributed by atoms with van der Waals surface area (Å²) in [7, 11) is 0. The number of hydrogen-bond acceptors (Lipinski definition) is 5. The Morgan fingerprint density at radius 1 is 1.10 bits per heavy atom. The lowest BCUT2D eigenvalue weighted by Gasteiger charge is -2.23. The molecule has 0 aliphatic carbocycles. The lowest BCUT2D eigenvalue weighted by atomic mass is 10.1. The molecule has 1 aromatic heterocycles. The first-order chi connectivity index (χ1) is 14.2. The summed E-state index contributed by atoms with van der Waals surface area (Å²) in [5.74, 6) is 1.35. The first-order valence-corrected chi connectivity index (χ1v) is 9.93. The molecule has 2 N–H and O–H groups in total. The maximum atomic E-state index is 12.6. The minimum atomic E-state index is -0.202.